The Morgan fingerprint density at radius 1 is 0.906 bits per heavy atom. The fraction of sp³-hybridized carbons (Fsp3) is 0.174. The molecule has 166 valence electrons. The summed E-state index contributed by atoms with van der Waals surface area (Å²) in [4.78, 5) is 14.1. The summed E-state index contributed by atoms with van der Waals surface area (Å²) in [5.41, 5.74) is 0.0206. The number of sulfone groups is 1. The van der Waals surface area contributed by atoms with Gasteiger partial charge in [0, 0.05) is 17.1 Å². The van der Waals surface area contributed by atoms with E-state index in [0.29, 0.717) is 22.7 Å². The Labute approximate surface area is 188 Å². The Hall–Kier alpha value is -2.84. The Bertz CT molecular complexity index is 1260. The van der Waals surface area contributed by atoms with Crippen LogP contribution >= 0.6 is 11.6 Å². The average molecular weight is 480 g/mol. The number of amides is 1. The number of carbonyl (C=O) groups excluding carboxylic acids is 1. The highest BCUT2D eigenvalue weighted by atomic mass is 35.5. The lowest BCUT2D eigenvalue weighted by Gasteiger charge is -2.26. The second kappa shape index (κ2) is 8.26. The molecule has 4 rings (SSSR count). The quantitative estimate of drug-likeness (QED) is 0.457. The van der Waals surface area contributed by atoms with Gasteiger partial charge in [-0.15, -0.1) is 0 Å². The summed E-state index contributed by atoms with van der Waals surface area (Å²) < 4.78 is 65.0. The first kappa shape index (κ1) is 22.4. The van der Waals surface area contributed by atoms with Crippen LogP contribution < -0.4 is 4.90 Å². The third-order valence-corrected chi connectivity index (χ3v) is 7.40. The zero-order valence-electron chi connectivity index (χ0n) is 16.5. The minimum Gasteiger partial charge on any atom is -0.305 e. The van der Waals surface area contributed by atoms with Gasteiger partial charge in [0.2, 0.25) is 15.7 Å². The number of benzene rings is 3. The van der Waals surface area contributed by atoms with Gasteiger partial charge in [-0.1, -0.05) is 23.7 Å². The molecule has 0 aromatic heterocycles. The van der Waals surface area contributed by atoms with E-state index >= 15 is 0 Å². The highest BCUT2D eigenvalue weighted by Gasteiger charge is 2.36. The molecular formula is C23H17ClF3NO3S. The fourth-order valence-electron chi connectivity index (χ4n) is 3.78. The van der Waals surface area contributed by atoms with Crippen molar-refractivity contribution in [3.63, 3.8) is 0 Å². The molecule has 1 fully saturated rings. The normalized spacial score (nSPS) is 17.1. The van der Waals surface area contributed by atoms with Crippen molar-refractivity contribution < 1.29 is 26.4 Å². The van der Waals surface area contributed by atoms with E-state index < -0.39 is 27.6 Å². The highest BCUT2D eigenvalue weighted by molar-refractivity contribution is 7.91. The SMILES string of the molecule is O=C1CC[C@H](c2cccc(C(F)(F)F)c2)N1c1ccc(S(=O)(=O)c2ccc(Cl)cc2)cc1. The predicted molar refractivity (Wildman–Crippen MR) is 114 cm³/mol. The maximum Gasteiger partial charge on any atom is 0.416 e. The molecule has 1 aliphatic rings. The third-order valence-electron chi connectivity index (χ3n) is 5.36. The molecule has 0 saturated carbocycles. The van der Waals surface area contributed by atoms with Crippen molar-refractivity contribution in [3.8, 4) is 0 Å². The number of anilines is 1. The molecule has 0 aliphatic carbocycles. The van der Waals surface area contributed by atoms with Gasteiger partial charge in [-0.05, 0) is 72.6 Å². The van der Waals surface area contributed by atoms with E-state index in [4.69, 9.17) is 11.6 Å². The summed E-state index contributed by atoms with van der Waals surface area (Å²) >= 11 is 5.82. The van der Waals surface area contributed by atoms with Crippen LogP contribution in [0, 0.1) is 0 Å². The van der Waals surface area contributed by atoms with Crippen molar-refractivity contribution in [1.82, 2.24) is 0 Å². The summed E-state index contributed by atoms with van der Waals surface area (Å²) in [7, 11) is -3.78. The molecule has 1 saturated heterocycles. The first-order chi connectivity index (χ1) is 15.1. The van der Waals surface area contributed by atoms with Crippen LogP contribution in [0.2, 0.25) is 5.02 Å². The molecule has 0 spiro atoms. The number of alkyl halides is 3. The summed E-state index contributed by atoms with van der Waals surface area (Å²) in [6.07, 6.45) is -3.93. The Morgan fingerprint density at radius 3 is 2.09 bits per heavy atom. The minimum absolute atomic E-state index is 0.0332. The molecule has 1 aliphatic heterocycles. The minimum atomic E-state index is -4.48. The molecule has 9 heteroatoms. The number of halogens is 4. The Balaban J connectivity index is 1.65. The fourth-order valence-corrected chi connectivity index (χ4v) is 5.17. The summed E-state index contributed by atoms with van der Waals surface area (Å²) in [6, 6.07) is 15.9. The van der Waals surface area contributed by atoms with Crippen molar-refractivity contribution in [2.45, 2.75) is 34.9 Å². The molecule has 4 nitrogen and oxygen atoms in total. The lowest BCUT2D eigenvalue weighted by Crippen LogP contribution is -2.27. The Morgan fingerprint density at radius 2 is 1.50 bits per heavy atom. The first-order valence-electron chi connectivity index (χ1n) is 9.67. The molecule has 0 N–H and O–H groups in total. The van der Waals surface area contributed by atoms with Crippen LogP contribution in [0.15, 0.2) is 82.6 Å². The van der Waals surface area contributed by atoms with Gasteiger partial charge in [-0.2, -0.15) is 13.2 Å². The monoisotopic (exact) mass is 479 g/mol. The van der Waals surface area contributed by atoms with Gasteiger partial charge in [0.1, 0.15) is 0 Å². The second-order valence-electron chi connectivity index (χ2n) is 7.39. The van der Waals surface area contributed by atoms with Crippen molar-refractivity contribution in [3.05, 3.63) is 88.9 Å². The van der Waals surface area contributed by atoms with Crippen LogP contribution in [0.5, 0.6) is 0 Å². The number of carbonyl (C=O) groups is 1. The smallest absolute Gasteiger partial charge is 0.305 e. The largest absolute Gasteiger partial charge is 0.416 e. The zero-order valence-corrected chi connectivity index (χ0v) is 18.1. The van der Waals surface area contributed by atoms with Crippen LogP contribution in [0.4, 0.5) is 18.9 Å². The maximum atomic E-state index is 13.1. The summed E-state index contributed by atoms with van der Waals surface area (Å²) in [5, 5.41) is 0.410. The van der Waals surface area contributed by atoms with E-state index in [9.17, 15) is 26.4 Å². The van der Waals surface area contributed by atoms with Gasteiger partial charge in [-0.25, -0.2) is 8.42 Å². The van der Waals surface area contributed by atoms with Crippen molar-refractivity contribution in [2.75, 3.05) is 4.90 Å². The Kier molecular flexibility index (Phi) is 5.77. The van der Waals surface area contributed by atoms with Crippen LogP contribution in [0.1, 0.15) is 30.0 Å². The average Bonchev–Trinajstić information content (AvgIpc) is 3.15. The van der Waals surface area contributed by atoms with Crippen molar-refractivity contribution in [2.24, 2.45) is 0 Å². The topological polar surface area (TPSA) is 54.5 Å². The molecule has 32 heavy (non-hydrogen) atoms. The van der Waals surface area contributed by atoms with E-state index in [1.54, 1.807) is 6.07 Å². The maximum absolute atomic E-state index is 13.1. The van der Waals surface area contributed by atoms with Gasteiger partial charge in [0.15, 0.2) is 0 Å². The van der Waals surface area contributed by atoms with E-state index in [0.717, 1.165) is 12.1 Å². The number of hydrogen-bond donors (Lipinski definition) is 0. The van der Waals surface area contributed by atoms with Gasteiger partial charge >= 0.3 is 6.18 Å². The number of rotatable bonds is 4. The van der Waals surface area contributed by atoms with Crippen LogP contribution in [-0.4, -0.2) is 14.3 Å². The standard InChI is InChI=1S/C23H17ClF3NO3S/c24-17-4-8-19(9-5-17)32(30,31)20-10-6-18(7-11-20)28-21(12-13-22(28)29)15-2-1-3-16(14-15)23(25,26)27/h1-11,14,21H,12-13H2/t21-/m1/s1. The molecule has 0 radical (unpaired) electrons. The lowest BCUT2D eigenvalue weighted by molar-refractivity contribution is -0.137. The molecule has 3 aromatic carbocycles. The van der Waals surface area contributed by atoms with E-state index in [-0.39, 0.29) is 22.1 Å². The first-order valence-corrected chi connectivity index (χ1v) is 11.5. The van der Waals surface area contributed by atoms with E-state index in [1.165, 1.54) is 59.5 Å². The van der Waals surface area contributed by atoms with Crippen molar-refractivity contribution >= 4 is 33.0 Å². The number of nitrogens with zero attached hydrogens (tertiary/aromatic N) is 1. The van der Waals surface area contributed by atoms with Crippen LogP contribution in [-0.2, 0) is 20.8 Å². The molecule has 1 amide bonds. The molecule has 1 heterocycles. The van der Waals surface area contributed by atoms with Gasteiger partial charge in [0.25, 0.3) is 0 Å². The van der Waals surface area contributed by atoms with Gasteiger partial charge in [-0.3, -0.25) is 4.79 Å². The molecular weight excluding hydrogens is 463 g/mol. The van der Waals surface area contributed by atoms with Crippen LogP contribution in [0.25, 0.3) is 0 Å². The van der Waals surface area contributed by atoms with Gasteiger partial charge < -0.3 is 4.90 Å². The number of hydrogen-bond acceptors (Lipinski definition) is 3. The summed E-state index contributed by atoms with van der Waals surface area (Å²) in [5.74, 6) is -0.235. The third kappa shape index (κ3) is 4.25. The predicted octanol–water partition coefficient (Wildman–Crippen LogP) is 6.06. The molecule has 1 atom stereocenters. The van der Waals surface area contributed by atoms with Crippen molar-refractivity contribution in [1.29, 1.82) is 0 Å². The molecule has 0 bridgehead atoms. The van der Waals surface area contributed by atoms with E-state index in [2.05, 4.69) is 0 Å². The zero-order chi connectivity index (χ0) is 23.1. The second-order valence-corrected chi connectivity index (χ2v) is 9.78. The lowest BCUT2D eigenvalue weighted by atomic mass is 10.0. The van der Waals surface area contributed by atoms with Gasteiger partial charge in [0.05, 0.1) is 21.4 Å². The molecule has 0 unspecified atom stereocenters. The van der Waals surface area contributed by atoms with E-state index in [1.807, 2.05) is 0 Å². The highest BCUT2D eigenvalue weighted by Crippen LogP contribution is 2.39. The molecule has 3 aromatic rings. The summed E-state index contributed by atoms with van der Waals surface area (Å²) in [6.45, 7) is 0. The van der Waals surface area contributed by atoms with Crippen LogP contribution in [0.3, 0.4) is 0 Å².